The number of hydrogen-bond acceptors (Lipinski definition) is 3. The summed E-state index contributed by atoms with van der Waals surface area (Å²) in [6.07, 6.45) is 4.54. The van der Waals surface area contributed by atoms with Gasteiger partial charge in [0, 0.05) is 34.7 Å². The van der Waals surface area contributed by atoms with Crippen molar-refractivity contribution in [2.45, 2.75) is 38.3 Å². The Hall–Kier alpha value is -1.34. The van der Waals surface area contributed by atoms with Crippen molar-refractivity contribution in [3.63, 3.8) is 0 Å². The normalized spacial score (nSPS) is 23.8. The average Bonchev–Trinajstić information content (AvgIpc) is 2.90. The van der Waals surface area contributed by atoms with Crippen molar-refractivity contribution in [2.75, 3.05) is 13.7 Å². The van der Waals surface area contributed by atoms with Gasteiger partial charge in [-0.25, -0.2) is 0 Å². The molecule has 0 saturated carbocycles. The number of halogens is 1. The van der Waals surface area contributed by atoms with Crippen molar-refractivity contribution in [2.24, 2.45) is 7.05 Å². The second-order valence-electron chi connectivity index (χ2n) is 6.93. The molecular formula is C20H23IN2O2. The molecule has 4 rings (SSSR count). The number of fused-ring (bicyclic) bond motifs is 6. The first-order valence-corrected chi connectivity index (χ1v) is 9.88. The minimum absolute atomic E-state index is 0.00719. The van der Waals surface area contributed by atoms with Gasteiger partial charge in [0.05, 0.1) is 24.7 Å². The van der Waals surface area contributed by atoms with Crippen LogP contribution in [0.2, 0.25) is 0 Å². The molecule has 1 fully saturated rings. The van der Waals surface area contributed by atoms with E-state index in [0.29, 0.717) is 18.2 Å². The summed E-state index contributed by atoms with van der Waals surface area (Å²) in [6, 6.07) is 6.55. The van der Waals surface area contributed by atoms with Crippen molar-refractivity contribution >= 4 is 39.3 Å². The number of ketones is 1. The minimum Gasteiger partial charge on any atom is -0.495 e. The van der Waals surface area contributed by atoms with Crippen LogP contribution in [-0.2, 0) is 18.3 Å². The number of carbonyl (C=O) groups is 1. The van der Waals surface area contributed by atoms with E-state index in [4.69, 9.17) is 4.74 Å². The fraction of sp³-hybridized carbons (Fsp3) is 0.450. The Morgan fingerprint density at radius 1 is 1.40 bits per heavy atom. The quantitative estimate of drug-likeness (QED) is 0.659. The molecule has 3 heterocycles. The Bertz CT molecular complexity index is 883. The van der Waals surface area contributed by atoms with Crippen LogP contribution in [0, 0.1) is 0 Å². The molecule has 2 bridgehead atoms. The largest absolute Gasteiger partial charge is 0.495 e. The van der Waals surface area contributed by atoms with Crippen molar-refractivity contribution in [1.82, 2.24) is 9.47 Å². The number of Topliss-reactive ketones (excluding diaryl/α,β-unsaturated/α-hetero) is 1. The van der Waals surface area contributed by atoms with Crippen LogP contribution in [0.3, 0.4) is 0 Å². The highest BCUT2D eigenvalue weighted by molar-refractivity contribution is 14.1. The van der Waals surface area contributed by atoms with Crippen LogP contribution in [0.25, 0.3) is 10.9 Å². The van der Waals surface area contributed by atoms with Crippen LogP contribution in [0.15, 0.2) is 27.9 Å². The van der Waals surface area contributed by atoms with Crippen molar-refractivity contribution in [3.05, 3.63) is 39.1 Å². The maximum atomic E-state index is 12.7. The van der Waals surface area contributed by atoms with Gasteiger partial charge in [-0.1, -0.05) is 18.2 Å². The Morgan fingerprint density at radius 3 is 2.92 bits per heavy atom. The molecule has 2 atom stereocenters. The molecule has 0 radical (unpaired) electrons. The fourth-order valence-corrected chi connectivity index (χ4v) is 4.99. The summed E-state index contributed by atoms with van der Waals surface area (Å²) < 4.78 is 9.21. The summed E-state index contributed by atoms with van der Waals surface area (Å²) in [4.78, 5) is 15.1. The number of aryl methyl sites for hydroxylation is 1. The van der Waals surface area contributed by atoms with Gasteiger partial charge in [0.15, 0.2) is 0 Å². The van der Waals surface area contributed by atoms with Gasteiger partial charge in [0.25, 0.3) is 0 Å². The lowest BCUT2D eigenvalue weighted by atomic mass is 9.81. The van der Waals surface area contributed by atoms with Gasteiger partial charge in [-0.2, -0.15) is 0 Å². The molecule has 0 N–H and O–H groups in total. The van der Waals surface area contributed by atoms with Gasteiger partial charge in [0.2, 0.25) is 0 Å². The van der Waals surface area contributed by atoms with E-state index >= 15 is 0 Å². The third-order valence-corrected chi connectivity index (χ3v) is 6.71. The van der Waals surface area contributed by atoms with Crippen LogP contribution in [0.5, 0.6) is 5.75 Å². The van der Waals surface area contributed by atoms with E-state index in [1.807, 2.05) is 12.1 Å². The number of hydrogen-bond donors (Lipinski definition) is 0. The number of nitrogens with zero attached hydrogens (tertiary/aromatic N) is 2. The molecule has 2 aliphatic heterocycles. The Labute approximate surface area is 162 Å². The molecule has 1 saturated heterocycles. The Balaban J connectivity index is 1.92. The first kappa shape index (κ1) is 17.1. The van der Waals surface area contributed by atoms with Crippen LogP contribution in [-0.4, -0.2) is 34.9 Å². The molecular weight excluding hydrogens is 427 g/mol. The number of allylic oxidation sites excluding steroid dienone is 1. The topological polar surface area (TPSA) is 34.5 Å². The first-order valence-electron chi connectivity index (χ1n) is 8.80. The molecule has 0 aliphatic carbocycles. The lowest BCUT2D eigenvalue weighted by Crippen LogP contribution is -2.52. The summed E-state index contributed by atoms with van der Waals surface area (Å²) in [5.41, 5.74) is 3.85. The number of rotatable bonds is 3. The number of methoxy groups -OCH3 is 1. The summed E-state index contributed by atoms with van der Waals surface area (Å²) in [5, 5.41) is 1.24. The Kier molecular flexibility index (Phi) is 4.40. The van der Waals surface area contributed by atoms with Crippen LogP contribution in [0.1, 0.15) is 37.1 Å². The molecule has 132 valence electrons. The fourth-order valence-electron chi connectivity index (χ4n) is 4.59. The second kappa shape index (κ2) is 6.43. The van der Waals surface area contributed by atoms with Gasteiger partial charge >= 0.3 is 0 Å². The maximum absolute atomic E-state index is 12.7. The van der Waals surface area contributed by atoms with Crippen molar-refractivity contribution in [1.29, 1.82) is 0 Å². The van der Waals surface area contributed by atoms with E-state index < -0.39 is 0 Å². The van der Waals surface area contributed by atoms with Gasteiger partial charge < -0.3 is 9.30 Å². The van der Waals surface area contributed by atoms with E-state index in [-0.39, 0.29) is 6.04 Å². The monoisotopic (exact) mass is 450 g/mol. The SMILES string of the molecule is C/C=C(\I)CN1[C@H]2Cc3c(n(C)c4c(OC)cccc34)[C@@H]1CCC2=O. The van der Waals surface area contributed by atoms with Gasteiger partial charge in [-0.15, -0.1) is 0 Å². The van der Waals surface area contributed by atoms with E-state index in [9.17, 15) is 4.79 Å². The summed E-state index contributed by atoms with van der Waals surface area (Å²) in [5.74, 6) is 1.30. The highest BCUT2D eigenvalue weighted by Crippen LogP contribution is 2.46. The molecule has 0 unspecified atom stereocenters. The molecule has 1 aromatic carbocycles. The molecule has 2 aromatic rings. The predicted octanol–water partition coefficient (Wildman–Crippen LogP) is 4.16. The van der Waals surface area contributed by atoms with Crippen LogP contribution >= 0.6 is 22.6 Å². The standard InChI is InChI=1S/C20H23IN2O2/c1-4-12(21)11-23-15-8-9-17(24)16(23)10-14-13-6-5-7-18(25-3)20(13)22(2)19(14)15/h4-7,15-16H,8-11H2,1-3H3/b12-4-/t15-,16-/m0/s1. The van der Waals surface area contributed by atoms with E-state index in [1.54, 1.807) is 7.11 Å². The zero-order valence-electron chi connectivity index (χ0n) is 14.9. The van der Waals surface area contributed by atoms with Gasteiger partial charge in [0.1, 0.15) is 11.5 Å². The molecule has 25 heavy (non-hydrogen) atoms. The number of benzene rings is 1. The van der Waals surface area contributed by atoms with Gasteiger partial charge in [-0.3, -0.25) is 9.69 Å². The lowest BCUT2D eigenvalue weighted by molar-refractivity contribution is -0.129. The third kappa shape index (κ3) is 2.54. The predicted molar refractivity (Wildman–Crippen MR) is 108 cm³/mol. The molecule has 5 heteroatoms. The third-order valence-electron chi connectivity index (χ3n) is 5.75. The number of aromatic nitrogens is 1. The minimum atomic E-state index is 0.00719. The number of para-hydroxylation sites is 1. The summed E-state index contributed by atoms with van der Waals surface area (Å²) >= 11 is 2.39. The lowest BCUT2D eigenvalue weighted by Gasteiger charge is -2.45. The number of ether oxygens (including phenoxy) is 1. The maximum Gasteiger partial charge on any atom is 0.150 e. The van der Waals surface area contributed by atoms with E-state index in [1.165, 1.54) is 20.2 Å². The first-order chi connectivity index (χ1) is 12.1. The average molecular weight is 450 g/mol. The highest BCUT2D eigenvalue weighted by atomic mass is 127. The summed E-state index contributed by atoms with van der Waals surface area (Å²) in [7, 11) is 3.86. The second-order valence-corrected chi connectivity index (χ2v) is 8.31. The van der Waals surface area contributed by atoms with Crippen LogP contribution < -0.4 is 4.74 Å². The molecule has 0 spiro atoms. The molecule has 4 nitrogen and oxygen atoms in total. The Morgan fingerprint density at radius 2 is 2.20 bits per heavy atom. The smallest absolute Gasteiger partial charge is 0.150 e. The number of carbonyl (C=O) groups excluding carboxylic acids is 1. The van der Waals surface area contributed by atoms with Crippen molar-refractivity contribution in [3.8, 4) is 5.75 Å². The number of piperidine rings is 1. The summed E-state index contributed by atoms with van der Waals surface area (Å²) in [6.45, 7) is 2.92. The highest BCUT2D eigenvalue weighted by Gasteiger charge is 2.44. The molecule has 2 aliphatic rings. The molecule has 0 amide bonds. The zero-order chi connectivity index (χ0) is 17.7. The van der Waals surface area contributed by atoms with Crippen LogP contribution in [0.4, 0.5) is 0 Å². The zero-order valence-corrected chi connectivity index (χ0v) is 17.0. The van der Waals surface area contributed by atoms with E-state index in [0.717, 1.165) is 30.7 Å². The van der Waals surface area contributed by atoms with E-state index in [2.05, 4.69) is 58.2 Å². The van der Waals surface area contributed by atoms with Gasteiger partial charge in [-0.05, 0) is 54.0 Å². The molecule has 1 aromatic heterocycles. The van der Waals surface area contributed by atoms with Crippen molar-refractivity contribution < 1.29 is 9.53 Å².